The average Bonchev–Trinajstić information content (AvgIpc) is 2.80. The summed E-state index contributed by atoms with van der Waals surface area (Å²) in [5, 5.41) is 4.67. The van der Waals surface area contributed by atoms with Gasteiger partial charge in [0.05, 0.1) is 25.2 Å². The lowest BCUT2D eigenvalue weighted by Crippen LogP contribution is -2.42. The number of hydrogen-bond donors (Lipinski definition) is 1. The molecule has 31 heavy (non-hydrogen) atoms. The van der Waals surface area contributed by atoms with Crippen LogP contribution in [0.5, 0.6) is 5.75 Å². The molecule has 1 fully saturated rings. The third-order valence-electron chi connectivity index (χ3n) is 4.42. The molecule has 0 radical (unpaired) electrons. The predicted octanol–water partition coefficient (Wildman–Crippen LogP) is 2.96. The molecule has 164 valence electrons. The highest BCUT2D eigenvalue weighted by atomic mass is 35.5. The SMILES string of the molecule is O=C(CSCc1ccc(Cl)cc1)N/N=C\c1ccc(OCC(=O)N2CCOCC2)cc1. The number of benzene rings is 2. The molecule has 2 aromatic rings. The van der Waals surface area contributed by atoms with E-state index in [9.17, 15) is 9.59 Å². The first-order chi connectivity index (χ1) is 15.1. The van der Waals surface area contributed by atoms with Crippen LogP contribution in [0.25, 0.3) is 0 Å². The standard InChI is InChI=1S/C22H24ClN3O4S/c23-19-5-1-18(2-6-19)15-31-16-21(27)25-24-13-17-3-7-20(8-4-17)30-14-22(28)26-9-11-29-12-10-26/h1-8,13H,9-12,14-16H2,(H,25,27)/b24-13-. The monoisotopic (exact) mass is 461 g/mol. The molecule has 9 heteroatoms. The Morgan fingerprint density at radius 1 is 1.13 bits per heavy atom. The molecule has 0 saturated carbocycles. The molecule has 2 amide bonds. The number of carbonyl (C=O) groups is 2. The lowest BCUT2D eigenvalue weighted by Gasteiger charge is -2.26. The minimum atomic E-state index is -0.170. The molecule has 0 spiro atoms. The van der Waals surface area contributed by atoms with E-state index in [-0.39, 0.29) is 18.4 Å². The highest BCUT2D eigenvalue weighted by molar-refractivity contribution is 7.99. The minimum Gasteiger partial charge on any atom is -0.484 e. The van der Waals surface area contributed by atoms with Gasteiger partial charge in [-0.1, -0.05) is 23.7 Å². The Morgan fingerprint density at radius 3 is 2.55 bits per heavy atom. The molecule has 1 saturated heterocycles. The summed E-state index contributed by atoms with van der Waals surface area (Å²) in [5.74, 6) is 1.41. The van der Waals surface area contributed by atoms with Crippen LogP contribution in [0.1, 0.15) is 11.1 Å². The van der Waals surface area contributed by atoms with E-state index < -0.39 is 0 Å². The molecular weight excluding hydrogens is 438 g/mol. The number of ether oxygens (including phenoxy) is 2. The van der Waals surface area contributed by atoms with E-state index in [1.54, 1.807) is 35.4 Å². The van der Waals surface area contributed by atoms with Crippen LogP contribution < -0.4 is 10.2 Å². The first-order valence-corrected chi connectivity index (χ1v) is 11.4. The number of nitrogens with zero attached hydrogens (tertiary/aromatic N) is 2. The van der Waals surface area contributed by atoms with Crippen molar-refractivity contribution in [2.75, 3.05) is 38.7 Å². The molecule has 0 bridgehead atoms. The zero-order valence-corrected chi connectivity index (χ0v) is 18.5. The molecule has 0 atom stereocenters. The minimum absolute atomic E-state index is 0.00280. The molecule has 2 aromatic carbocycles. The van der Waals surface area contributed by atoms with Gasteiger partial charge in [-0.2, -0.15) is 5.10 Å². The van der Waals surface area contributed by atoms with Gasteiger partial charge in [0, 0.05) is 23.9 Å². The van der Waals surface area contributed by atoms with Gasteiger partial charge in [0.2, 0.25) is 5.91 Å². The predicted molar refractivity (Wildman–Crippen MR) is 123 cm³/mol. The second-order valence-corrected chi connectivity index (χ2v) is 8.19. The van der Waals surface area contributed by atoms with Gasteiger partial charge in [-0.05, 0) is 47.5 Å². The van der Waals surface area contributed by atoms with Gasteiger partial charge in [-0.3, -0.25) is 9.59 Å². The molecule has 0 aliphatic carbocycles. The topological polar surface area (TPSA) is 80.2 Å². The van der Waals surface area contributed by atoms with Crippen molar-refractivity contribution < 1.29 is 19.1 Å². The van der Waals surface area contributed by atoms with Crippen LogP contribution in [-0.2, 0) is 20.1 Å². The number of morpholine rings is 1. The van der Waals surface area contributed by atoms with Crippen LogP contribution in [0.3, 0.4) is 0 Å². The van der Waals surface area contributed by atoms with E-state index in [4.69, 9.17) is 21.1 Å². The van der Waals surface area contributed by atoms with E-state index in [0.717, 1.165) is 16.9 Å². The van der Waals surface area contributed by atoms with Crippen LogP contribution in [-0.4, -0.2) is 61.6 Å². The van der Waals surface area contributed by atoms with E-state index >= 15 is 0 Å². The van der Waals surface area contributed by atoms with Crippen LogP contribution in [0.4, 0.5) is 0 Å². The van der Waals surface area contributed by atoms with Gasteiger partial charge in [-0.15, -0.1) is 11.8 Å². The van der Waals surface area contributed by atoms with Gasteiger partial charge in [-0.25, -0.2) is 5.43 Å². The number of nitrogens with one attached hydrogen (secondary N) is 1. The Balaban J connectivity index is 1.34. The summed E-state index contributed by atoms with van der Waals surface area (Å²) in [5.41, 5.74) is 4.43. The smallest absolute Gasteiger partial charge is 0.260 e. The summed E-state index contributed by atoms with van der Waals surface area (Å²) in [4.78, 5) is 25.7. The van der Waals surface area contributed by atoms with E-state index in [2.05, 4.69) is 10.5 Å². The zero-order valence-electron chi connectivity index (χ0n) is 17.0. The molecule has 1 N–H and O–H groups in total. The summed E-state index contributed by atoms with van der Waals surface area (Å²) in [7, 11) is 0. The van der Waals surface area contributed by atoms with Crippen molar-refractivity contribution in [3.8, 4) is 5.75 Å². The Bertz CT molecular complexity index is 885. The fourth-order valence-corrected chi connectivity index (χ4v) is 3.66. The average molecular weight is 462 g/mol. The van der Waals surface area contributed by atoms with Crippen molar-refractivity contribution in [2.24, 2.45) is 5.10 Å². The third kappa shape index (κ3) is 8.24. The normalized spacial score (nSPS) is 13.9. The number of carbonyl (C=O) groups excluding carboxylic acids is 2. The van der Waals surface area contributed by atoms with Crippen LogP contribution in [0, 0.1) is 0 Å². The number of rotatable bonds is 9. The van der Waals surface area contributed by atoms with Gasteiger partial charge in [0.1, 0.15) is 5.75 Å². The zero-order chi connectivity index (χ0) is 21.9. The number of thioether (sulfide) groups is 1. The van der Waals surface area contributed by atoms with Crippen LogP contribution in [0.2, 0.25) is 5.02 Å². The Hall–Kier alpha value is -2.55. The van der Waals surface area contributed by atoms with E-state index in [1.165, 1.54) is 11.8 Å². The van der Waals surface area contributed by atoms with Crippen LogP contribution >= 0.6 is 23.4 Å². The third-order valence-corrected chi connectivity index (χ3v) is 5.68. The summed E-state index contributed by atoms with van der Waals surface area (Å²) in [6.45, 7) is 2.33. The number of amides is 2. The second kappa shape index (κ2) is 12.3. The largest absolute Gasteiger partial charge is 0.484 e. The summed E-state index contributed by atoms with van der Waals surface area (Å²) < 4.78 is 10.8. The van der Waals surface area contributed by atoms with Gasteiger partial charge < -0.3 is 14.4 Å². The second-order valence-electron chi connectivity index (χ2n) is 6.76. The number of halogens is 1. The van der Waals surface area contributed by atoms with Gasteiger partial charge in [0.15, 0.2) is 6.61 Å². The number of hydrogen-bond acceptors (Lipinski definition) is 6. The van der Waals surface area contributed by atoms with Crippen molar-refractivity contribution in [1.82, 2.24) is 10.3 Å². The molecule has 1 heterocycles. The summed E-state index contributed by atoms with van der Waals surface area (Å²) >= 11 is 7.36. The summed E-state index contributed by atoms with van der Waals surface area (Å²) in [6, 6.07) is 14.7. The maximum atomic E-state index is 12.1. The van der Waals surface area contributed by atoms with E-state index in [1.807, 2.05) is 24.3 Å². The molecule has 0 unspecified atom stereocenters. The Kier molecular flexibility index (Phi) is 9.20. The van der Waals surface area contributed by atoms with Crippen molar-refractivity contribution in [2.45, 2.75) is 5.75 Å². The van der Waals surface area contributed by atoms with Gasteiger partial charge in [0.25, 0.3) is 5.91 Å². The molecule has 3 rings (SSSR count). The Morgan fingerprint density at radius 2 is 1.84 bits per heavy atom. The van der Waals surface area contributed by atoms with Crippen molar-refractivity contribution in [3.63, 3.8) is 0 Å². The molecule has 1 aliphatic heterocycles. The number of hydrazone groups is 1. The summed E-state index contributed by atoms with van der Waals surface area (Å²) in [6.07, 6.45) is 1.56. The lowest BCUT2D eigenvalue weighted by molar-refractivity contribution is -0.137. The van der Waals surface area contributed by atoms with Crippen molar-refractivity contribution in [3.05, 3.63) is 64.7 Å². The van der Waals surface area contributed by atoms with Crippen molar-refractivity contribution >= 4 is 41.4 Å². The maximum absolute atomic E-state index is 12.1. The lowest BCUT2D eigenvalue weighted by atomic mass is 10.2. The highest BCUT2D eigenvalue weighted by Gasteiger charge is 2.17. The molecule has 0 aromatic heterocycles. The first-order valence-electron chi connectivity index (χ1n) is 9.82. The molecule has 7 nitrogen and oxygen atoms in total. The Labute approximate surface area is 190 Å². The van der Waals surface area contributed by atoms with Crippen molar-refractivity contribution in [1.29, 1.82) is 0 Å². The fraction of sp³-hybridized carbons (Fsp3) is 0.318. The first kappa shape index (κ1) is 23.1. The van der Waals surface area contributed by atoms with Crippen LogP contribution in [0.15, 0.2) is 53.6 Å². The van der Waals surface area contributed by atoms with Gasteiger partial charge >= 0.3 is 0 Å². The molecule has 1 aliphatic rings. The maximum Gasteiger partial charge on any atom is 0.260 e. The van der Waals surface area contributed by atoms with E-state index in [0.29, 0.717) is 42.8 Å². The molecular formula is C22H24ClN3O4S. The quantitative estimate of drug-likeness (QED) is 0.458. The fourth-order valence-electron chi connectivity index (χ4n) is 2.75. The highest BCUT2D eigenvalue weighted by Crippen LogP contribution is 2.15.